The second-order valence-corrected chi connectivity index (χ2v) is 7.64. The molecule has 0 bridgehead atoms. The lowest BCUT2D eigenvalue weighted by Crippen LogP contribution is -1.80. The monoisotopic (exact) mass is 427 g/mol. The molecule has 1 aromatic heterocycles. The number of fused-ring (bicyclic) bond motifs is 3. The molecule has 1 aliphatic carbocycles. The van der Waals surface area contributed by atoms with Crippen LogP contribution in [-0.2, 0) is 0 Å². The Labute approximate surface area is 178 Å². The van der Waals surface area contributed by atoms with Crippen molar-refractivity contribution in [2.24, 2.45) is 0 Å². The van der Waals surface area contributed by atoms with Crippen LogP contribution in [0.1, 0.15) is 6.85 Å². The van der Waals surface area contributed by atoms with Gasteiger partial charge in [0, 0.05) is 26.7 Å². The topological polar surface area (TPSA) is 13.1 Å². The van der Waals surface area contributed by atoms with E-state index in [1.807, 2.05) is 48.5 Å². The highest BCUT2D eigenvalue weighted by Crippen LogP contribution is 2.56. The van der Waals surface area contributed by atoms with Crippen LogP contribution in [0.4, 0.5) is 0 Å². The predicted octanol–water partition coefficient (Wildman–Crippen LogP) is 8.18. The molecule has 6 rings (SSSR count). The Morgan fingerprint density at radius 3 is 1.93 bits per heavy atom. The number of furan rings is 1. The Morgan fingerprint density at radius 2 is 1.29 bits per heavy atom. The zero-order chi connectivity index (χ0) is 23.0. The molecule has 1 nitrogen and oxygen atoms in total. The smallest absolute Gasteiger partial charge is 0.143 e. The van der Waals surface area contributed by atoms with Crippen LogP contribution in [0.5, 0.6) is 0 Å². The average Bonchev–Trinajstić information content (AvgIpc) is 3.36. The number of rotatable bonds is 2. The van der Waals surface area contributed by atoms with E-state index in [9.17, 15) is 0 Å². The molecule has 0 amide bonds. The van der Waals surface area contributed by atoms with E-state index in [1.165, 1.54) is 0 Å². The first-order valence-corrected chi connectivity index (χ1v) is 9.70. The van der Waals surface area contributed by atoms with Gasteiger partial charge in [-0.15, -0.1) is 0 Å². The third-order valence-corrected chi connectivity index (χ3v) is 5.71. The Morgan fingerprint density at radius 1 is 0.679 bits per heavy atom. The van der Waals surface area contributed by atoms with Gasteiger partial charge in [0.15, 0.2) is 0 Å². The van der Waals surface area contributed by atoms with Crippen molar-refractivity contribution < 1.29 is 11.3 Å². The first-order chi connectivity index (χ1) is 15.9. The van der Waals surface area contributed by atoms with Crippen LogP contribution in [0, 0.1) is 0 Å². The van der Waals surface area contributed by atoms with Gasteiger partial charge in [0.05, 0.1) is 6.85 Å². The molecule has 0 fully saturated rings. The van der Waals surface area contributed by atoms with Gasteiger partial charge in [-0.05, 0) is 34.0 Å². The van der Waals surface area contributed by atoms with Crippen molar-refractivity contribution in [2.45, 2.75) is 0 Å². The Hall–Kier alpha value is -3.10. The molecule has 0 spiro atoms. The van der Waals surface area contributed by atoms with Gasteiger partial charge in [-0.1, -0.05) is 94.7 Å². The van der Waals surface area contributed by atoms with Crippen LogP contribution < -0.4 is 0 Å². The van der Waals surface area contributed by atoms with Gasteiger partial charge in [-0.2, -0.15) is 0 Å². The molecule has 132 valence electrons. The van der Waals surface area contributed by atoms with E-state index in [-0.39, 0.29) is 29.7 Å². The molecule has 0 radical (unpaired) electrons. The molecule has 0 atom stereocenters. The molecule has 2 heteroatoms. The van der Waals surface area contributed by atoms with Crippen LogP contribution >= 0.6 is 15.9 Å². The second kappa shape index (κ2) is 5.95. The molecule has 1 aliphatic rings. The van der Waals surface area contributed by atoms with E-state index in [2.05, 4.69) is 28.1 Å². The van der Waals surface area contributed by atoms with Gasteiger partial charge in [0.25, 0.3) is 0 Å². The van der Waals surface area contributed by atoms with E-state index >= 15 is 0 Å². The van der Waals surface area contributed by atoms with Crippen molar-refractivity contribution in [3.05, 3.63) is 95.3 Å². The fraction of sp³-hybridized carbons (Fsp3) is 0. The molecule has 5 aromatic rings. The van der Waals surface area contributed by atoms with E-state index in [1.54, 1.807) is 0 Å². The van der Waals surface area contributed by atoms with Crippen LogP contribution in [-0.4, -0.2) is 0 Å². The molecule has 28 heavy (non-hydrogen) atoms. The third-order valence-electron chi connectivity index (χ3n) is 5.19. The maximum absolute atomic E-state index is 8.55. The summed E-state index contributed by atoms with van der Waals surface area (Å²) in [6.45, 7) is 0. The summed E-state index contributed by atoms with van der Waals surface area (Å²) in [6, 6.07) is 18.1. The summed E-state index contributed by atoms with van der Waals surface area (Å²) in [5.41, 5.74) is 4.51. The van der Waals surface area contributed by atoms with Gasteiger partial charge in [0.1, 0.15) is 11.5 Å². The number of benzene rings is 4. The minimum Gasteiger partial charge on any atom is -0.455 e. The SMILES string of the molecule is [2H]c1c([2H])c([2H])c(-c2oc(-c3ccc(Br)cc3)c3c2-c2cccc4cccc-3c24)c([2H])c1[2H]. The summed E-state index contributed by atoms with van der Waals surface area (Å²) in [6.07, 6.45) is 0. The molecule has 0 saturated heterocycles. The van der Waals surface area contributed by atoms with Crippen LogP contribution in [0.25, 0.3) is 55.7 Å². The summed E-state index contributed by atoms with van der Waals surface area (Å²) < 4.78 is 48.8. The van der Waals surface area contributed by atoms with E-state index in [0.29, 0.717) is 11.5 Å². The quantitative estimate of drug-likeness (QED) is 0.271. The van der Waals surface area contributed by atoms with Gasteiger partial charge in [-0.3, -0.25) is 0 Å². The standard InChI is InChI=1S/C26H15BrO/c27-19-14-12-18(13-15-19)26-24-21-11-5-9-16-8-4-10-20(22(16)21)23(24)25(28-26)17-6-2-1-3-7-17/h1-15H/i1D,2D,3D,6D,7D. The van der Waals surface area contributed by atoms with Gasteiger partial charge < -0.3 is 4.42 Å². The first-order valence-electron chi connectivity index (χ1n) is 11.4. The molecule has 0 unspecified atom stereocenters. The van der Waals surface area contributed by atoms with E-state index in [0.717, 1.165) is 43.1 Å². The summed E-state index contributed by atoms with van der Waals surface area (Å²) >= 11 is 3.47. The molecule has 0 saturated carbocycles. The minimum atomic E-state index is -0.421. The molecule has 0 N–H and O–H groups in total. The lowest BCUT2D eigenvalue weighted by Gasteiger charge is -2.06. The zero-order valence-corrected chi connectivity index (χ0v) is 16.1. The lowest BCUT2D eigenvalue weighted by molar-refractivity contribution is 0.598. The first kappa shape index (κ1) is 11.7. The summed E-state index contributed by atoms with van der Waals surface area (Å²) in [5, 5.41) is 2.16. The molecular weight excluding hydrogens is 408 g/mol. The number of halogens is 1. The highest BCUT2D eigenvalue weighted by Gasteiger charge is 2.31. The lowest BCUT2D eigenvalue weighted by atomic mass is 9.99. The van der Waals surface area contributed by atoms with Crippen molar-refractivity contribution >= 4 is 26.7 Å². The largest absolute Gasteiger partial charge is 0.455 e. The van der Waals surface area contributed by atoms with Gasteiger partial charge >= 0.3 is 0 Å². The fourth-order valence-corrected chi connectivity index (χ4v) is 4.31. The highest BCUT2D eigenvalue weighted by atomic mass is 79.9. The van der Waals surface area contributed by atoms with Gasteiger partial charge in [-0.25, -0.2) is 0 Å². The third kappa shape index (κ3) is 2.18. The molecule has 0 aliphatic heterocycles. The Kier molecular flexibility index (Phi) is 2.48. The Balaban J connectivity index is 1.78. The molecule has 4 aromatic carbocycles. The average molecular weight is 428 g/mol. The van der Waals surface area contributed by atoms with Crippen molar-refractivity contribution in [1.29, 1.82) is 0 Å². The summed E-state index contributed by atoms with van der Waals surface area (Å²) in [4.78, 5) is 0. The number of hydrogen-bond donors (Lipinski definition) is 0. The zero-order valence-electron chi connectivity index (χ0n) is 19.6. The number of hydrogen-bond acceptors (Lipinski definition) is 1. The predicted molar refractivity (Wildman–Crippen MR) is 119 cm³/mol. The second-order valence-electron chi connectivity index (χ2n) is 6.73. The van der Waals surface area contributed by atoms with Crippen LogP contribution in [0.3, 0.4) is 0 Å². The van der Waals surface area contributed by atoms with Crippen molar-refractivity contribution in [2.75, 3.05) is 0 Å². The maximum atomic E-state index is 8.55. The minimum absolute atomic E-state index is 0.0745. The van der Waals surface area contributed by atoms with Crippen LogP contribution in [0.2, 0.25) is 0 Å². The normalized spacial score (nSPS) is 14.2. The van der Waals surface area contributed by atoms with Crippen molar-refractivity contribution in [3.8, 4) is 44.9 Å². The molecular formula is C26H15BrO. The summed E-state index contributed by atoms with van der Waals surface area (Å²) in [7, 11) is 0. The maximum Gasteiger partial charge on any atom is 0.143 e. The molecule has 1 heterocycles. The fourth-order valence-electron chi connectivity index (χ4n) is 4.05. The van der Waals surface area contributed by atoms with Crippen molar-refractivity contribution in [1.82, 2.24) is 0 Å². The van der Waals surface area contributed by atoms with Crippen LogP contribution in [0.15, 0.2) is 99.8 Å². The highest BCUT2D eigenvalue weighted by molar-refractivity contribution is 9.10. The van der Waals surface area contributed by atoms with Gasteiger partial charge in [0.2, 0.25) is 0 Å². The summed E-state index contributed by atoms with van der Waals surface area (Å²) in [5.74, 6) is 0.909. The van der Waals surface area contributed by atoms with E-state index < -0.39 is 6.04 Å². The van der Waals surface area contributed by atoms with E-state index in [4.69, 9.17) is 11.3 Å². The Bertz CT molecular complexity index is 1580. The van der Waals surface area contributed by atoms with Crippen molar-refractivity contribution in [3.63, 3.8) is 0 Å².